The standard InChI is InChI=1S/C18H21FIN6PS/c19-13-5-11(18(25-22)26-27-20)6-14(8-13)24-17-12(9-21)7-16(10-23-17)28-15-3-1-2-4-15/h5-10,15,21,27H,1-4,22H2,(H,23,24)(H,25,26). The van der Waals surface area contributed by atoms with Crippen molar-refractivity contribution in [1.82, 2.24) is 10.1 Å². The van der Waals surface area contributed by atoms with E-state index in [1.54, 1.807) is 6.07 Å². The minimum absolute atomic E-state index is 0.358. The second kappa shape index (κ2) is 10.4. The summed E-state index contributed by atoms with van der Waals surface area (Å²) in [7, 11) is 0. The van der Waals surface area contributed by atoms with Gasteiger partial charge in [0, 0.05) is 45.7 Å². The number of halogens is 2. The number of thioether (sulfide) groups is 1. The van der Waals surface area contributed by atoms with Crippen LogP contribution in [0, 0.1) is 11.2 Å². The van der Waals surface area contributed by atoms with Gasteiger partial charge in [-0.05, 0) is 59.1 Å². The molecule has 10 heteroatoms. The van der Waals surface area contributed by atoms with Crippen LogP contribution in [-0.4, -0.2) is 22.3 Å². The van der Waals surface area contributed by atoms with Crippen LogP contribution in [-0.2, 0) is 0 Å². The first-order chi connectivity index (χ1) is 13.6. The number of pyridine rings is 1. The third-order valence-electron chi connectivity index (χ3n) is 4.38. The lowest BCUT2D eigenvalue weighted by Crippen LogP contribution is -2.17. The molecule has 0 aliphatic heterocycles. The number of anilines is 2. The van der Waals surface area contributed by atoms with E-state index < -0.39 is 5.82 Å². The lowest BCUT2D eigenvalue weighted by atomic mass is 10.1. The predicted molar refractivity (Wildman–Crippen MR) is 126 cm³/mol. The Morgan fingerprint density at radius 1 is 1.36 bits per heavy atom. The second-order valence-electron chi connectivity index (χ2n) is 6.33. The summed E-state index contributed by atoms with van der Waals surface area (Å²) in [4.78, 5) is 5.53. The molecular formula is C18H21FIN6PS. The predicted octanol–water partition coefficient (Wildman–Crippen LogP) is 5.15. The lowest BCUT2D eigenvalue weighted by Gasteiger charge is -2.13. The molecule has 0 saturated heterocycles. The van der Waals surface area contributed by atoms with Crippen molar-refractivity contribution in [3.8, 4) is 0 Å². The number of nitrogens with one attached hydrogen (secondary N) is 3. The molecule has 6 nitrogen and oxygen atoms in total. The first kappa shape index (κ1) is 21.3. The summed E-state index contributed by atoms with van der Waals surface area (Å²) in [5.74, 6) is 5.93. The third-order valence-corrected chi connectivity index (χ3v) is 6.82. The molecule has 1 aromatic carbocycles. The molecule has 1 atom stereocenters. The Hall–Kier alpha value is -1.45. The summed E-state index contributed by atoms with van der Waals surface area (Å²) in [5.41, 5.74) is 1.72. The monoisotopic (exact) mass is 530 g/mol. The SMILES string of the molecule is N=Cc1cc(SC2CCCC2)cnc1Nc1cc(F)cc(/C(=N/N)NPI)c1. The van der Waals surface area contributed by atoms with Gasteiger partial charge < -0.3 is 21.7 Å². The third kappa shape index (κ3) is 5.55. The van der Waals surface area contributed by atoms with E-state index in [1.165, 1.54) is 44.0 Å². The molecule has 148 valence electrons. The van der Waals surface area contributed by atoms with Crippen molar-refractivity contribution in [3.05, 3.63) is 47.4 Å². The van der Waals surface area contributed by atoms with Gasteiger partial charge in [0.15, 0.2) is 5.84 Å². The number of hydrogen-bond acceptors (Lipinski definition) is 6. The maximum absolute atomic E-state index is 14.1. The van der Waals surface area contributed by atoms with Crippen LogP contribution >= 0.6 is 40.2 Å². The fourth-order valence-corrected chi connectivity index (χ4v) is 5.43. The molecule has 1 heterocycles. The fourth-order valence-electron chi connectivity index (χ4n) is 3.10. The Balaban J connectivity index is 1.82. The highest BCUT2D eigenvalue weighted by molar-refractivity contribution is 14.2. The van der Waals surface area contributed by atoms with Crippen LogP contribution in [0.5, 0.6) is 0 Å². The van der Waals surface area contributed by atoms with Gasteiger partial charge in [-0.1, -0.05) is 12.8 Å². The summed E-state index contributed by atoms with van der Waals surface area (Å²) in [5, 5.41) is 18.2. The fraction of sp³-hybridized carbons (Fsp3) is 0.278. The Bertz CT molecular complexity index is 875. The minimum atomic E-state index is -0.412. The van der Waals surface area contributed by atoms with Crippen molar-refractivity contribution in [3.63, 3.8) is 0 Å². The first-order valence-electron chi connectivity index (χ1n) is 8.77. The van der Waals surface area contributed by atoms with Gasteiger partial charge in [-0.15, -0.1) is 11.8 Å². The lowest BCUT2D eigenvalue weighted by molar-refractivity contribution is 0.628. The van der Waals surface area contributed by atoms with E-state index in [-0.39, 0.29) is 0 Å². The van der Waals surface area contributed by atoms with Gasteiger partial charge in [0.2, 0.25) is 0 Å². The van der Waals surface area contributed by atoms with Gasteiger partial charge >= 0.3 is 0 Å². The Kier molecular flexibility index (Phi) is 7.87. The van der Waals surface area contributed by atoms with E-state index in [0.717, 1.165) is 4.90 Å². The molecule has 0 radical (unpaired) electrons. The highest BCUT2D eigenvalue weighted by Gasteiger charge is 2.17. The number of nitrogens with zero attached hydrogens (tertiary/aromatic N) is 2. The van der Waals surface area contributed by atoms with Crippen LogP contribution in [0.4, 0.5) is 15.9 Å². The van der Waals surface area contributed by atoms with Gasteiger partial charge in [-0.3, -0.25) is 0 Å². The molecule has 5 N–H and O–H groups in total. The molecule has 0 amide bonds. The van der Waals surface area contributed by atoms with E-state index in [2.05, 4.69) is 42.5 Å². The van der Waals surface area contributed by atoms with Crippen LogP contribution in [0.1, 0.15) is 36.8 Å². The molecule has 1 unspecified atom stereocenters. The summed E-state index contributed by atoms with van der Waals surface area (Å²) >= 11 is 3.97. The normalized spacial score (nSPS) is 15.3. The van der Waals surface area contributed by atoms with Crippen LogP contribution in [0.2, 0.25) is 0 Å². The van der Waals surface area contributed by atoms with Gasteiger partial charge in [0.1, 0.15) is 11.6 Å². The summed E-state index contributed by atoms with van der Waals surface area (Å²) in [6, 6.07) is 6.44. The molecule has 1 aliphatic rings. The summed E-state index contributed by atoms with van der Waals surface area (Å²) in [6.07, 6.45) is 8.46. The Morgan fingerprint density at radius 2 is 2.14 bits per heavy atom. The van der Waals surface area contributed by atoms with Crippen molar-refractivity contribution in [2.45, 2.75) is 35.8 Å². The molecule has 0 bridgehead atoms. The van der Waals surface area contributed by atoms with Crippen molar-refractivity contribution in [2.75, 3.05) is 5.32 Å². The summed E-state index contributed by atoms with van der Waals surface area (Å²) in [6.45, 7) is 0. The van der Waals surface area contributed by atoms with Crippen molar-refractivity contribution >= 4 is 63.7 Å². The topological polar surface area (TPSA) is 99.2 Å². The van der Waals surface area contributed by atoms with Gasteiger partial charge in [-0.25, -0.2) is 9.37 Å². The summed E-state index contributed by atoms with van der Waals surface area (Å²) < 4.78 is 14.1. The second-order valence-corrected chi connectivity index (χ2v) is 9.76. The van der Waals surface area contributed by atoms with E-state index >= 15 is 0 Å². The molecule has 2 aromatic rings. The van der Waals surface area contributed by atoms with E-state index in [4.69, 9.17) is 11.3 Å². The van der Waals surface area contributed by atoms with Gasteiger partial charge in [0.05, 0.1) is 0 Å². The number of aromatic nitrogens is 1. The number of benzene rings is 1. The van der Waals surface area contributed by atoms with Gasteiger partial charge in [-0.2, -0.15) is 5.10 Å². The zero-order valence-electron chi connectivity index (χ0n) is 15.0. The molecule has 1 aromatic heterocycles. The molecule has 3 rings (SSSR count). The molecule has 28 heavy (non-hydrogen) atoms. The Morgan fingerprint density at radius 3 is 2.82 bits per heavy atom. The average molecular weight is 530 g/mol. The van der Waals surface area contributed by atoms with Gasteiger partial charge in [0.25, 0.3) is 0 Å². The number of hydrazone groups is 1. The highest BCUT2D eigenvalue weighted by Crippen LogP contribution is 2.35. The van der Waals surface area contributed by atoms with Crippen LogP contribution < -0.4 is 16.2 Å². The van der Waals surface area contributed by atoms with Crippen molar-refractivity contribution < 1.29 is 4.39 Å². The molecule has 1 aliphatic carbocycles. The number of rotatable bonds is 7. The van der Waals surface area contributed by atoms with E-state index in [1.807, 2.05) is 24.0 Å². The minimum Gasteiger partial charge on any atom is -0.341 e. The zero-order valence-corrected chi connectivity index (χ0v) is 19.0. The molecule has 1 saturated carbocycles. The Labute approximate surface area is 182 Å². The van der Waals surface area contributed by atoms with Crippen molar-refractivity contribution in [2.24, 2.45) is 10.9 Å². The largest absolute Gasteiger partial charge is 0.341 e. The number of amidine groups is 1. The number of hydrogen-bond donors (Lipinski definition) is 4. The molecular weight excluding hydrogens is 509 g/mol. The highest BCUT2D eigenvalue weighted by atomic mass is 127. The molecule has 1 fully saturated rings. The average Bonchev–Trinajstić information content (AvgIpc) is 3.19. The molecule has 0 spiro atoms. The van der Waals surface area contributed by atoms with Crippen LogP contribution in [0.3, 0.4) is 0 Å². The first-order valence-corrected chi connectivity index (χ1v) is 13.8. The maximum Gasteiger partial charge on any atom is 0.156 e. The van der Waals surface area contributed by atoms with Crippen molar-refractivity contribution in [1.29, 1.82) is 5.41 Å². The smallest absolute Gasteiger partial charge is 0.156 e. The maximum atomic E-state index is 14.1. The quantitative estimate of drug-likeness (QED) is 0.0992. The zero-order chi connectivity index (χ0) is 19.9. The van der Waals surface area contributed by atoms with E-state index in [9.17, 15) is 4.39 Å². The number of nitrogens with two attached hydrogens (primary N) is 1. The van der Waals surface area contributed by atoms with Crippen LogP contribution in [0.15, 0.2) is 40.5 Å². The van der Waals surface area contributed by atoms with Crippen LogP contribution in [0.25, 0.3) is 0 Å². The van der Waals surface area contributed by atoms with E-state index in [0.29, 0.717) is 40.1 Å².